The van der Waals surface area contributed by atoms with Crippen LogP contribution in [0.5, 0.6) is 0 Å². The van der Waals surface area contributed by atoms with Gasteiger partial charge in [0, 0.05) is 12.4 Å². The molecule has 4 nitrogen and oxygen atoms in total. The van der Waals surface area contributed by atoms with Crippen LogP contribution in [0.1, 0.15) is 30.7 Å². The molecule has 1 fully saturated rings. The van der Waals surface area contributed by atoms with Crippen molar-refractivity contribution < 1.29 is 14.3 Å². The summed E-state index contributed by atoms with van der Waals surface area (Å²) in [6, 6.07) is 4.69. The van der Waals surface area contributed by atoms with Crippen molar-refractivity contribution in [2.24, 2.45) is 0 Å². The van der Waals surface area contributed by atoms with E-state index in [1.807, 2.05) is 0 Å². The maximum absolute atomic E-state index is 14.3. The fraction of sp³-hybridized carbons (Fsp3) is 0.333. The van der Waals surface area contributed by atoms with Crippen LogP contribution >= 0.6 is 0 Å². The molecule has 0 amide bonds. The second-order valence-electron chi connectivity index (χ2n) is 5.25. The first-order valence-corrected chi connectivity index (χ1v) is 6.58. The second kappa shape index (κ2) is 4.44. The summed E-state index contributed by atoms with van der Waals surface area (Å²) >= 11 is 0. The minimum Gasteiger partial charge on any atom is -0.481 e. The summed E-state index contributed by atoms with van der Waals surface area (Å²) in [4.78, 5) is 15.5. The average molecular weight is 274 g/mol. The molecule has 104 valence electrons. The molecule has 0 radical (unpaired) electrons. The zero-order chi connectivity index (χ0) is 14.3. The van der Waals surface area contributed by atoms with Crippen molar-refractivity contribution in [2.45, 2.75) is 31.6 Å². The Kier molecular flexibility index (Phi) is 2.85. The second-order valence-corrected chi connectivity index (χ2v) is 5.25. The maximum atomic E-state index is 14.3. The zero-order valence-corrected chi connectivity index (χ0v) is 11.1. The van der Waals surface area contributed by atoms with Crippen LogP contribution in [-0.2, 0) is 10.2 Å². The van der Waals surface area contributed by atoms with E-state index in [9.17, 15) is 14.3 Å². The standard InChI is InChI=1S/C15H15FN2O2/c1-10-17-7-8-18(10)13-4-3-11(9-12(13)16)15(14(19)20)5-2-6-15/h3-4,7-9H,2,5-6H2,1H3,(H,19,20). The highest BCUT2D eigenvalue weighted by Crippen LogP contribution is 2.44. The number of aliphatic carboxylic acids is 1. The number of nitrogens with zero attached hydrogens (tertiary/aromatic N) is 2. The van der Waals surface area contributed by atoms with Gasteiger partial charge in [-0.25, -0.2) is 9.37 Å². The topological polar surface area (TPSA) is 55.1 Å². The number of imidazole rings is 1. The molecular formula is C15H15FN2O2. The number of carbonyl (C=O) groups is 1. The molecule has 0 unspecified atom stereocenters. The normalized spacial score (nSPS) is 16.7. The molecule has 5 heteroatoms. The molecule has 0 aliphatic heterocycles. The Hall–Kier alpha value is -2.17. The van der Waals surface area contributed by atoms with Gasteiger partial charge in [-0.1, -0.05) is 12.5 Å². The van der Waals surface area contributed by atoms with E-state index in [0.717, 1.165) is 6.42 Å². The fourth-order valence-electron chi connectivity index (χ4n) is 2.79. The Balaban J connectivity index is 2.04. The van der Waals surface area contributed by atoms with Crippen molar-refractivity contribution in [2.75, 3.05) is 0 Å². The largest absolute Gasteiger partial charge is 0.481 e. The average Bonchev–Trinajstić information content (AvgIpc) is 2.73. The lowest BCUT2D eigenvalue weighted by atomic mass is 9.64. The minimum atomic E-state index is -0.899. The van der Waals surface area contributed by atoms with Gasteiger partial charge in [0.05, 0.1) is 11.1 Å². The van der Waals surface area contributed by atoms with Crippen LogP contribution in [0.4, 0.5) is 4.39 Å². The van der Waals surface area contributed by atoms with Gasteiger partial charge in [-0.05, 0) is 37.5 Å². The van der Waals surface area contributed by atoms with Crippen molar-refractivity contribution in [1.82, 2.24) is 9.55 Å². The van der Waals surface area contributed by atoms with E-state index in [4.69, 9.17) is 0 Å². The summed E-state index contributed by atoms with van der Waals surface area (Å²) in [6.07, 6.45) is 5.31. The molecule has 0 spiro atoms. The number of benzene rings is 1. The molecule has 3 rings (SSSR count). The van der Waals surface area contributed by atoms with E-state index < -0.39 is 17.2 Å². The van der Waals surface area contributed by atoms with E-state index in [2.05, 4.69) is 4.98 Å². The highest BCUT2D eigenvalue weighted by Gasteiger charge is 2.46. The lowest BCUT2D eigenvalue weighted by molar-refractivity contribution is -0.147. The smallest absolute Gasteiger partial charge is 0.314 e. The zero-order valence-electron chi connectivity index (χ0n) is 11.1. The van der Waals surface area contributed by atoms with Gasteiger partial charge in [0.1, 0.15) is 11.6 Å². The number of halogens is 1. The van der Waals surface area contributed by atoms with Crippen LogP contribution in [-0.4, -0.2) is 20.6 Å². The molecule has 1 aromatic heterocycles. The summed E-state index contributed by atoms with van der Waals surface area (Å²) in [5.74, 6) is -0.598. The van der Waals surface area contributed by atoms with Crippen LogP contribution in [0.2, 0.25) is 0 Å². The molecule has 0 bridgehead atoms. The predicted octanol–water partition coefficient (Wildman–Crippen LogP) is 2.83. The Labute approximate surface area is 115 Å². The Morgan fingerprint density at radius 2 is 2.20 bits per heavy atom. The van der Waals surface area contributed by atoms with Gasteiger partial charge < -0.3 is 9.67 Å². The molecule has 1 aliphatic carbocycles. The summed E-state index contributed by atoms with van der Waals surface area (Å²) in [7, 11) is 0. The van der Waals surface area contributed by atoms with Crippen LogP contribution in [0.15, 0.2) is 30.6 Å². The third-order valence-corrected chi connectivity index (χ3v) is 4.20. The molecule has 20 heavy (non-hydrogen) atoms. The number of rotatable bonds is 3. The predicted molar refractivity (Wildman–Crippen MR) is 71.4 cm³/mol. The van der Waals surface area contributed by atoms with Crippen molar-refractivity contribution in [3.8, 4) is 5.69 Å². The van der Waals surface area contributed by atoms with E-state index in [1.54, 1.807) is 36.0 Å². The van der Waals surface area contributed by atoms with E-state index in [0.29, 0.717) is 29.9 Å². The van der Waals surface area contributed by atoms with Gasteiger partial charge in [-0.3, -0.25) is 4.79 Å². The molecular weight excluding hydrogens is 259 g/mol. The Bertz CT molecular complexity index is 674. The van der Waals surface area contributed by atoms with Crippen molar-refractivity contribution in [3.63, 3.8) is 0 Å². The van der Waals surface area contributed by atoms with Crippen molar-refractivity contribution in [1.29, 1.82) is 0 Å². The van der Waals surface area contributed by atoms with Gasteiger partial charge in [0.15, 0.2) is 0 Å². The number of aryl methyl sites for hydroxylation is 1. The van der Waals surface area contributed by atoms with Crippen LogP contribution in [0.25, 0.3) is 5.69 Å². The summed E-state index contributed by atoms with van der Waals surface area (Å²) in [5, 5.41) is 9.39. The van der Waals surface area contributed by atoms with Crippen LogP contribution < -0.4 is 0 Å². The third-order valence-electron chi connectivity index (χ3n) is 4.20. The summed E-state index contributed by atoms with van der Waals surface area (Å²) < 4.78 is 16.0. The number of aromatic nitrogens is 2. The monoisotopic (exact) mass is 274 g/mol. The molecule has 1 N–H and O–H groups in total. The van der Waals surface area contributed by atoms with Gasteiger partial charge in [0.2, 0.25) is 0 Å². The van der Waals surface area contributed by atoms with E-state index in [-0.39, 0.29) is 0 Å². The van der Waals surface area contributed by atoms with Crippen molar-refractivity contribution in [3.05, 3.63) is 47.8 Å². The SMILES string of the molecule is Cc1nccn1-c1ccc(C2(C(=O)O)CCC2)cc1F. The lowest BCUT2D eigenvalue weighted by Gasteiger charge is -2.38. The van der Waals surface area contributed by atoms with E-state index in [1.165, 1.54) is 6.07 Å². The van der Waals surface area contributed by atoms with E-state index >= 15 is 0 Å². The van der Waals surface area contributed by atoms with Crippen LogP contribution in [0, 0.1) is 12.7 Å². The number of hydrogen-bond acceptors (Lipinski definition) is 2. The van der Waals surface area contributed by atoms with Gasteiger partial charge >= 0.3 is 5.97 Å². The van der Waals surface area contributed by atoms with Gasteiger partial charge in [0.25, 0.3) is 0 Å². The third kappa shape index (κ3) is 1.73. The molecule has 0 atom stereocenters. The Morgan fingerprint density at radius 3 is 2.65 bits per heavy atom. The Morgan fingerprint density at radius 1 is 1.45 bits per heavy atom. The number of carboxylic acid groups (broad SMARTS) is 1. The molecule has 1 saturated carbocycles. The molecule has 1 aromatic carbocycles. The molecule has 2 aromatic rings. The van der Waals surface area contributed by atoms with Crippen molar-refractivity contribution >= 4 is 5.97 Å². The first-order valence-electron chi connectivity index (χ1n) is 6.58. The number of carboxylic acids is 1. The first kappa shape index (κ1) is 12.8. The fourth-order valence-corrected chi connectivity index (χ4v) is 2.79. The maximum Gasteiger partial charge on any atom is 0.314 e. The molecule has 1 heterocycles. The quantitative estimate of drug-likeness (QED) is 0.936. The van der Waals surface area contributed by atoms with Crippen LogP contribution in [0.3, 0.4) is 0 Å². The van der Waals surface area contributed by atoms with Gasteiger partial charge in [-0.2, -0.15) is 0 Å². The minimum absolute atomic E-state index is 0.392. The van der Waals surface area contributed by atoms with Gasteiger partial charge in [-0.15, -0.1) is 0 Å². The lowest BCUT2D eigenvalue weighted by Crippen LogP contribution is -2.42. The number of hydrogen-bond donors (Lipinski definition) is 1. The highest BCUT2D eigenvalue weighted by atomic mass is 19.1. The molecule has 1 aliphatic rings. The summed E-state index contributed by atoms with van der Waals surface area (Å²) in [6.45, 7) is 1.79. The highest BCUT2D eigenvalue weighted by molar-refractivity contribution is 5.82. The summed E-state index contributed by atoms with van der Waals surface area (Å²) in [5.41, 5.74) is 0.0440. The first-order chi connectivity index (χ1) is 9.54. The molecule has 0 saturated heterocycles.